The minimum absolute atomic E-state index is 0. The highest BCUT2D eigenvalue weighted by Crippen LogP contribution is 2.33. The molecule has 0 spiro atoms. The number of carbonyl (C=O) groups is 2. The molecule has 140 valence electrons. The molecule has 0 radical (unpaired) electrons. The van der Waals surface area contributed by atoms with Crippen molar-refractivity contribution in [2.75, 3.05) is 0 Å². The molecule has 2 rings (SSSR count). The molecular formula is C19H24ClN3O3. The van der Waals surface area contributed by atoms with Gasteiger partial charge < -0.3 is 21.1 Å². The van der Waals surface area contributed by atoms with Gasteiger partial charge in [0.25, 0.3) is 0 Å². The predicted molar refractivity (Wildman–Crippen MR) is 106 cm³/mol. The number of para-hydroxylation sites is 1. The van der Waals surface area contributed by atoms with Crippen molar-refractivity contribution < 1.29 is 14.7 Å². The summed E-state index contributed by atoms with van der Waals surface area (Å²) < 4.78 is 0. The number of nitrogens with two attached hydrogens (primary N) is 1. The van der Waals surface area contributed by atoms with Gasteiger partial charge in [-0.3, -0.25) is 4.79 Å². The number of allylic oxidation sites excluding steroid dienone is 1. The van der Waals surface area contributed by atoms with E-state index >= 15 is 0 Å². The van der Waals surface area contributed by atoms with Gasteiger partial charge in [0, 0.05) is 27.6 Å². The maximum Gasteiger partial charge on any atom is 0.352 e. The van der Waals surface area contributed by atoms with E-state index in [0.717, 1.165) is 16.6 Å². The lowest BCUT2D eigenvalue weighted by atomic mass is 9.86. The van der Waals surface area contributed by atoms with Gasteiger partial charge in [0.1, 0.15) is 5.70 Å². The number of nitrogens with one attached hydrogen (secondary N) is 2. The van der Waals surface area contributed by atoms with Gasteiger partial charge in [-0.2, -0.15) is 0 Å². The first-order valence-electron chi connectivity index (χ1n) is 7.93. The number of carboxylic acids is 1. The summed E-state index contributed by atoms with van der Waals surface area (Å²) in [4.78, 5) is 26.7. The number of rotatable bonds is 6. The highest BCUT2D eigenvalue weighted by molar-refractivity contribution is 6.01. The first-order valence-corrected chi connectivity index (χ1v) is 7.93. The Morgan fingerprint density at radius 1 is 1.35 bits per heavy atom. The van der Waals surface area contributed by atoms with Crippen molar-refractivity contribution >= 4 is 41.3 Å². The SMILES string of the molecule is C=CC(C)(C)c1[nH]c2ccccc2c1/C=C(\NC(=O)[C@H](C)N)C(=O)O.Cl. The normalized spacial score (nSPS) is 13.0. The van der Waals surface area contributed by atoms with E-state index in [9.17, 15) is 14.7 Å². The minimum Gasteiger partial charge on any atom is -0.477 e. The molecule has 1 amide bonds. The number of H-pyrrole nitrogens is 1. The summed E-state index contributed by atoms with van der Waals surface area (Å²) >= 11 is 0. The number of fused-ring (bicyclic) bond motifs is 1. The van der Waals surface area contributed by atoms with Crippen LogP contribution in [-0.2, 0) is 15.0 Å². The maximum absolute atomic E-state index is 11.8. The van der Waals surface area contributed by atoms with Gasteiger partial charge in [-0.05, 0) is 19.1 Å². The fourth-order valence-corrected chi connectivity index (χ4v) is 2.47. The third-order valence-corrected chi connectivity index (χ3v) is 4.09. The summed E-state index contributed by atoms with van der Waals surface area (Å²) in [5.74, 6) is -1.79. The molecule has 1 aromatic carbocycles. The van der Waals surface area contributed by atoms with Crippen LogP contribution in [0.3, 0.4) is 0 Å². The Bertz CT molecular complexity index is 866. The lowest BCUT2D eigenvalue weighted by Crippen LogP contribution is -2.39. The number of hydrogen-bond donors (Lipinski definition) is 4. The monoisotopic (exact) mass is 377 g/mol. The Kier molecular flexibility index (Phi) is 6.78. The summed E-state index contributed by atoms with van der Waals surface area (Å²) in [5.41, 5.74) is 7.26. The van der Waals surface area contributed by atoms with E-state index in [1.54, 1.807) is 6.08 Å². The lowest BCUT2D eigenvalue weighted by molar-refractivity contribution is -0.134. The molecule has 1 heterocycles. The Balaban J connectivity index is 0.00000338. The number of amides is 1. The zero-order valence-electron chi connectivity index (χ0n) is 15.0. The van der Waals surface area contributed by atoms with Crippen molar-refractivity contribution in [3.63, 3.8) is 0 Å². The van der Waals surface area contributed by atoms with Crippen LogP contribution in [0.5, 0.6) is 0 Å². The average molecular weight is 378 g/mol. The summed E-state index contributed by atoms with van der Waals surface area (Å²) in [7, 11) is 0. The Morgan fingerprint density at radius 2 is 1.96 bits per heavy atom. The first-order chi connectivity index (χ1) is 11.7. The zero-order valence-corrected chi connectivity index (χ0v) is 15.8. The largest absolute Gasteiger partial charge is 0.477 e. The fourth-order valence-electron chi connectivity index (χ4n) is 2.47. The number of aliphatic carboxylic acids is 1. The quantitative estimate of drug-likeness (QED) is 0.458. The minimum atomic E-state index is -1.23. The topological polar surface area (TPSA) is 108 Å². The number of halogens is 1. The number of aromatic amines is 1. The fraction of sp³-hybridized carbons (Fsp3) is 0.263. The van der Waals surface area contributed by atoms with Crippen molar-refractivity contribution in [1.82, 2.24) is 10.3 Å². The van der Waals surface area contributed by atoms with Gasteiger partial charge in [0.05, 0.1) is 6.04 Å². The summed E-state index contributed by atoms with van der Waals surface area (Å²) in [5, 5.41) is 12.7. The molecule has 0 aliphatic carbocycles. The molecule has 0 bridgehead atoms. The van der Waals surface area contributed by atoms with Crippen molar-refractivity contribution in [2.24, 2.45) is 5.73 Å². The van der Waals surface area contributed by atoms with E-state index in [2.05, 4.69) is 16.9 Å². The van der Waals surface area contributed by atoms with Crippen LogP contribution >= 0.6 is 12.4 Å². The number of hydrogen-bond acceptors (Lipinski definition) is 3. The summed E-state index contributed by atoms with van der Waals surface area (Å²) in [6, 6.07) is 6.77. The van der Waals surface area contributed by atoms with Crippen molar-refractivity contribution in [2.45, 2.75) is 32.2 Å². The van der Waals surface area contributed by atoms with Crippen LogP contribution in [0.25, 0.3) is 17.0 Å². The molecule has 26 heavy (non-hydrogen) atoms. The second-order valence-corrected chi connectivity index (χ2v) is 6.53. The van der Waals surface area contributed by atoms with Gasteiger partial charge >= 0.3 is 5.97 Å². The number of carbonyl (C=O) groups excluding carboxylic acids is 1. The number of carboxylic acid groups (broad SMARTS) is 1. The van der Waals surface area contributed by atoms with Crippen molar-refractivity contribution in [1.29, 1.82) is 0 Å². The van der Waals surface area contributed by atoms with Crippen LogP contribution in [0, 0.1) is 0 Å². The van der Waals surface area contributed by atoms with Crippen LogP contribution in [0.1, 0.15) is 32.0 Å². The maximum atomic E-state index is 11.8. The van der Waals surface area contributed by atoms with Gasteiger partial charge in [-0.15, -0.1) is 19.0 Å². The molecule has 1 aromatic heterocycles. The van der Waals surface area contributed by atoms with E-state index in [0.29, 0.717) is 5.56 Å². The lowest BCUT2D eigenvalue weighted by Gasteiger charge is -2.20. The first kappa shape index (κ1) is 21.5. The molecule has 0 unspecified atom stereocenters. The number of benzene rings is 1. The molecule has 1 atom stereocenters. The number of aromatic nitrogens is 1. The van der Waals surface area contributed by atoms with Gasteiger partial charge in [0.2, 0.25) is 5.91 Å². The molecule has 0 saturated heterocycles. The van der Waals surface area contributed by atoms with Crippen LogP contribution in [0.2, 0.25) is 0 Å². The molecule has 0 saturated carbocycles. The molecule has 0 fully saturated rings. The standard InChI is InChI=1S/C19H23N3O3.ClH/c1-5-19(3,4)16-13(12-8-6-7-9-14(12)21-16)10-15(18(24)25)22-17(23)11(2)20;/h5-11,21H,1,20H2,2-4H3,(H,22,23)(H,24,25);1H/b15-10-;/t11-;/m0./s1. The van der Waals surface area contributed by atoms with Crippen LogP contribution < -0.4 is 11.1 Å². The summed E-state index contributed by atoms with van der Waals surface area (Å²) in [6.07, 6.45) is 3.25. The molecule has 6 nitrogen and oxygen atoms in total. The highest BCUT2D eigenvalue weighted by Gasteiger charge is 2.24. The van der Waals surface area contributed by atoms with Crippen LogP contribution in [0.15, 0.2) is 42.6 Å². The smallest absolute Gasteiger partial charge is 0.352 e. The van der Waals surface area contributed by atoms with E-state index in [1.165, 1.54) is 13.0 Å². The Hall–Kier alpha value is -2.57. The van der Waals surface area contributed by atoms with Gasteiger partial charge in [0.15, 0.2) is 0 Å². The predicted octanol–water partition coefficient (Wildman–Crippen LogP) is 2.94. The van der Waals surface area contributed by atoms with Crippen LogP contribution in [0.4, 0.5) is 0 Å². The molecule has 5 N–H and O–H groups in total. The van der Waals surface area contributed by atoms with E-state index in [-0.39, 0.29) is 18.1 Å². The summed E-state index contributed by atoms with van der Waals surface area (Å²) in [6.45, 7) is 9.31. The third kappa shape index (κ3) is 4.33. The van der Waals surface area contributed by atoms with Crippen LogP contribution in [-0.4, -0.2) is 28.0 Å². The zero-order chi connectivity index (χ0) is 18.8. The Morgan fingerprint density at radius 3 is 2.50 bits per heavy atom. The van der Waals surface area contributed by atoms with E-state index in [4.69, 9.17) is 5.73 Å². The second-order valence-electron chi connectivity index (χ2n) is 6.53. The average Bonchev–Trinajstić information content (AvgIpc) is 2.93. The van der Waals surface area contributed by atoms with Crippen molar-refractivity contribution in [3.05, 3.63) is 53.9 Å². The molecular weight excluding hydrogens is 354 g/mol. The Labute approximate surface area is 158 Å². The molecule has 7 heteroatoms. The van der Waals surface area contributed by atoms with E-state index < -0.39 is 23.3 Å². The molecule has 2 aromatic rings. The molecule has 0 aliphatic rings. The van der Waals surface area contributed by atoms with E-state index in [1.807, 2.05) is 38.1 Å². The second kappa shape index (κ2) is 8.21. The van der Waals surface area contributed by atoms with Gasteiger partial charge in [-0.1, -0.05) is 38.1 Å². The molecule has 0 aliphatic heterocycles. The van der Waals surface area contributed by atoms with Gasteiger partial charge in [-0.25, -0.2) is 4.79 Å². The third-order valence-electron chi connectivity index (χ3n) is 4.09. The van der Waals surface area contributed by atoms with Crippen molar-refractivity contribution in [3.8, 4) is 0 Å². The highest BCUT2D eigenvalue weighted by atomic mass is 35.5.